The van der Waals surface area contributed by atoms with Crippen molar-refractivity contribution in [3.05, 3.63) is 53.9 Å². The van der Waals surface area contributed by atoms with Gasteiger partial charge in [0.2, 0.25) is 0 Å². The lowest BCUT2D eigenvalue weighted by molar-refractivity contribution is 0.0954. The van der Waals surface area contributed by atoms with Crippen molar-refractivity contribution >= 4 is 18.3 Å². The van der Waals surface area contributed by atoms with E-state index in [0.717, 1.165) is 18.7 Å². The number of carbonyl (C=O) groups excluding carboxylic acids is 1. The van der Waals surface area contributed by atoms with E-state index in [1.54, 1.807) is 17.1 Å². The Kier molecular flexibility index (Phi) is 7.50. The Hall–Kier alpha value is -1.85. The number of nitrogens with zero attached hydrogens (tertiary/aromatic N) is 2. The molecule has 114 valence electrons. The number of hydrogen-bond donors (Lipinski definition) is 2. The van der Waals surface area contributed by atoms with Gasteiger partial charge < -0.3 is 10.6 Å². The summed E-state index contributed by atoms with van der Waals surface area (Å²) in [5.74, 6) is -0.0813. The van der Waals surface area contributed by atoms with Crippen LogP contribution < -0.4 is 10.6 Å². The van der Waals surface area contributed by atoms with Crippen LogP contribution in [0.1, 0.15) is 22.8 Å². The molecule has 1 aromatic heterocycles. The van der Waals surface area contributed by atoms with Gasteiger partial charge in [-0.25, -0.2) is 0 Å². The zero-order valence-corrected chi connectivity index (χ0v) is 12.9. The van der Waals surface area contributed by atoms with E-state index in [9.17, 15) is 4.79 Å². The monoisotopic (exact) mass is 308 g/mol. The van der Waals surface area contributed by atoms with E-state index in [4.69, 9.17) is 0 Å². The van der Waals surface area contributed by atoms with Crippen molar-refractivity contribution in [1.82, 2.24) is 20.4 Å². The van der Waals surface area contributed by atoms with Gasteiger partial charge in [-0.15, -0.1) is 12.4 Å². The highest BCUT2D eigenvalue weighted by molar-refractivity contribution is 5.93. The second-order valence-electron chi connectivity index (χ2n) is 4.52. The Bertz CT molecular complexity index is 542. The number of hydrogen-bond acceptors (Lipinski definition) is 3. The molecule has 0 spiro atoms. The molecule has 0 fully saturated rings. The molecule has 1 aromatic carbocycles. The molecule has 0 unspecified atom stereocenters. The molecule has 0 aliphatic heterocycles. The van der Waals surface area contributed by atoms with E-state index in [0.29, 0.717) is 18.7 Å². The summed E-state index contributed by atoms with van der Waals surface area (Å²) in [6, 6.07) is 10.0. The van der Waals surface area contributed by atoms with Crippen LogP contribution in [0.25, 0.3) is 0 Å². The fourth-order valence-electron chi connectivity index (χ4n) is 1.88. The second-order valence-corrected chi connectivity index (χ2v) is 4.52. The summed E-state index contributed by atoms with van der Waals surface area (Å²) in [7, 11) is 0. The zero-order chi connectivity index (χ0) is 14.2. The molecular formula is C15H21ClN4O. The van der Waals surface area contributed by atoms with Crippen molar-refractivity contribution in [2.24, 2.45) is 0 Å². The van der Waals surface area contributed by atoms with Crippen LogP contribution >= 0.6 is 12.4 Å². The molecule has 1 amide bonds. The van der Waals surface area contributed by atoms with E-state index in [2.05, 4.69) is 15.7 Å². The van der Waals surface area contributed by atoms with Crippen LogP contribution in [0.5, 0.6) is 0 Å². The maximum Gasteiger partial charge on any atom is 0.254 e. The molecule has 0 bridgehead atoms. The van der Waals surface area contributed by atoms with E-state index in [1.165, 1.54) is 0 Å². The largest absolute Gasteiger partial charge is 0.351 e. The molecule has 0 aliphatic carbocycles. The van der Waals surface area contributed by atoms with Crippen LogP contribution in [0.15, 0.2) is 42.7 Å². The average molecular weight is 309 g/mol. The van der Waals surface area contributed by atoms with Crippen LogP contribution in [-0.2, 0) is 6.54 Å². The Morgan fingerprint density at radius 1 is 1.24 bits per heavy atom. The summed E-state index contributed by atoms with van der Waals surface area (Å²) in [4.78, 5) is 11.9. The molecule has 2 N–H and O–H groups in total. The van der Waals surface area contributed by atoms with Gasteiger partial charge in [-0.2, -0.15) is 5.10 Å². The first-order chi connectivity index (χ1) is 9.79. The second kappa shape index (κ2) is 9.15. The van der Waals surface area contributed by atoms with Crippen LogP contribution in [0, 0.1) is 0 Å². The molecule has 0 saturated carbocycles. The van der Waals surface area contributed by atoms with Gasteiger partial charge in [0, 0.05) is 19.3 Å². The highest BCUT2D eigenvalue weighted by Crippen LogP contribution is 2.03. The number of carbonyl (C=O) groups is 1. The molecule has 1 heterocycles. The lowest BCUT2D eigenvalue weighted by Gasteiger charge is -2.03. The van der Waals surface area contributed by atoms with Gasteiger partial charge in [-0.3, -0.25) is 9.48 Å². The van der Waals surface area contributed by atoms with Crippen molar-refractivity contribution < 1.29 is 4.79 Å². The van der Waals surface area contributed by atoms with Crippen molar-refractivity contribution in [1.29, 1.82) is 0 Å². The summed E-state index contributed by atoms with van der Waals surface area (Å²) in [5, 5.41) is 10.2. The van der Waals surface area contributed by atoms with E-state index in [1.807, 2.05) is 37.3 Å². The maximum absolute atomic E-state index is 11.9. The summed E-state index contributed by atoms with van der Waals surface area (Å²) in [6.07, 6.45) is 3.38. The first kappa shape index (κ1) is 17.2. The first-order valence-electron chi connectivity index (χ1n) is 6.85. The molecule has 2 rings (SSSR count). The number of benzene rings is 1. The van der Waals surface area contributed by atoms with Crippen LogP contribution in [0.4, 0.5) is 0 Å². The third-order valence-electron chi connectivity index (χ3n) is 2.92. The molecule has 2 aromatic rings. The fourth-order valence-corrected chi connectivity index (χ4v) is 1.88. The van der Waals surface area contributed by atoms with Crippen molar-refractivity contribution in [2.75, 3.05) is 19.6 Å². The molecule has 0 atom stereocenters. The smallest absolute Gasteiger partial charge is 0.254 e. The lowest BCUT2D eigenvalue weighted by Crippen LogP contribution is -2.31. The van der Waals surface area contributed by atoms with E-state index < -0.39 is 0 Å². The predicted molar refractivity (Wildman–Crippen MR) is 85.9 cm³/mol. The summed E-state index contributed by atoms with van der Waals surface area (Å²) in [5.41, 5.74) is 1.76. The minimum atomic E-state index is -0.0813. The Balaban J connectivity index is 0.00000220. The molecule has 0 aliphatic rings. The number of aromatic nitrogens is 2. The Morgan fingerprint density at radius 2 is 2.00 bits per heavy atom. The van der Waals surface area contributed by atoms with Crippen LogP contribution in [-0.4, -0.2) is 35.3 Å². The van der Waals surface area contributed by atoms with Gasteiger partial charge in [-0.1, -0.05) is 37.3 Å². The number of rotatable bonds is 7. The Morgan fingerprint density at radius 3 is 2.71 bits per heavy atom. The van der Waals surface area contributed by atoms with Gasteiger partial charge in [0.15, 0.2) is 0 Å². The van der Waals surface area contributed by atoms with Crippen molar-refractivity contribution in [3.8, 4) is 0 Å². The van der Waals surface area contributed by atoms with Gasteiger partial charge >= 0.3 is 0 Å². The Labute approximate surface area is 131 Å². The summed E-state index contributed by atoms with van der Waals surface area (Å²) < 4.78 is 1.77. The molecule has 0 saturated heterocycles. The van der Waals surface area contributed by atoms with Crippen LogP contribution in [0.3, 0.4) is 0 Å². The molecule has 5 nitrogen and oxygen atoms in total. The maximum atomic E-state index is 11.9. The first-order valence-corrected chi connectivity index (χ1v) is 6.85. The predicted octanol–water partition coefficient (Wildman–Crippen LogP) is 1.69. The molecule has 0 radical (unpaired) electrons. The molecular weight excluding hydrogens is 288 g/mol. The quantitative estimate of drug-likeness (QED) is 0.765. The van der Waals surface area contributed by atoms with Gasteiger partial charge in [-0.05, 0) is 12.1 Å². The van der Waals surface area contributed by atoms with E-state index >= 15 is 0 Å². The zero-order valence-electron chi connectivity index (χ0n) is 12.1. The van der Waals surface area contributed by atoms with Gasteiger partial charge in [0.05, 0.1) is 18.3 Å². The highest BCUT2D eigenvalue weighted by atomic mass is 35.5. The van der Waals surface area contributed by atoms with Crippen LogP contribution in [0.2, 0.25) is 0 Å². The fraction of sp³-hybridized carbons (Fsp3) is 0.333. The average Bonchev–Trinajstić information content (AvgIpc) is 2.93. The molecule has 21 heavy (non-hydrogen) atoms. The minimum absolute atomic E-state index is 0. The van der Waals surface area contributed by atoms with Crippen molar-refractivity contribution in [3.63, 3.8) is 0 Å². The normalized spacial score (nSPS) is 9.95. The lowest BCUT2D eigenvalue weighted by atomic mass is 10.2. The highest BCUT2D eigenvalue weighted by Gasteiger charge is 2.07. The van der Waals surface area contributed by atoms with Gasteiger partial charge in [0.1, 0.15) is 0 Å². The minimum Gasteiger partial charge on any atom is -0.351 e. The standard InChI is InChI=1S/C15H20N4O.ClH/c1-2-16-8-9-17-15(20)14-10-18-19(12-14)11-13-6-4-3-5-7-13;/h3-7,10,12,16H,2,8-9,11H2,1H3,(H,17,20);1H. The molecule has 6 heteroatoms. The summed E-state index contributed by atoms with van der Waals surface area (Å²) in [6.45, 7) is 5.02. The number of likely N-dealkylation sites (N-methyl/N-ethyl adjacent to an activating group) is 1. The van der Waals surface area contributed by atoms with Crippen molar-refractivity contribution in [2.45, 2.75) is 13.5 Å². The third-order valence-corrected chi connectivity index (χ3v) is 2.92. The number of amides is 1. The summed E-state index contributed by atoms with van der Waals surface area (Å²) >= 11 is 0. The van der Waals surface area contributed by atoms with Gasteiger partial charge in [0.25, 0.3) is 5.91 Å². The SMILES string of the molecule is CCNCCNC(=O)c1cnn(Cc2ccccc2)c1.Cl. The number of halogens is 1. The number of nitrogens with one attached hydrogen (secondary N) is 2. The topological polar surface area (TPSA) is 58.9 Å². The van der Waals surface area contributed by atoms with E-state index in [-0.39, 0.29) is 18.3 Å². The third kappa shape index (κ3) is 5.57.